The number of aromatic amines is 1. The van der Waals surface area contributed by atoms with Gasteiger partial charge in [0.25, 0.3) is 0 Å². The van der Waals surface area contributed by atoms with Crippen molar-refractivity contribution in [2.75, 3.05) is 0 Å². The number of H-pyrrole nitrogens is 1. The maximum absolute atomic E-state index is 14.0. The zero-order chi connectivity index (χ0) is 28.4. The molecule has 1 aliphatic carbocycles. The average Bonchev–Trinajstić information content (AvgIpc) is 3.41. The topological polar surface area (TPSA) is 146 Å². The number of benzene rings is 2. The van der Waals surface area contributed by atoms with Crippen LogP contribution in [0.25, 0.3) is 10.9 Å². The summed E-state index contributed by atoms with van der Waals surface area (Å²) in [6.45, 7) is 7.15. The Labute approximate surface area is 224 Å². The van der Waals surface area contributed by atoms with Crippen molar-refractivity contribution in [2.24, 2.45) is 0 Å². The molecule has 2 aromatic carbocycles. The van der Waals surface area contributed by atoms with Gasteiger partial charge in [-0.25, -0.2) is 0 Å². The van der Waals surface area contributed by atoms with E-state index in [-0.39, 0.29) is 45.3 Å². The van der Waals surface area contributed by atoms with E-state index in [1.807, 2.05) is 30.5 Å². The van der Waals surface area contributed by atoms with Gasteiger partial charge >= 0.3 is 0 Å². The first-order valence-electron chi connectivity index (χ1n) is 12.5. The predicted octanol–water partition coefficient (Wildman–Crippen LogP) is 3.84. The number of carbonyl (C=O) groups excluding carboxylic acids is 4. The summed E-state index contributed by atoms with van der Waals surface area (Å²) in [5.41, 5.74) is 0.0868. The van der Waals surface area contributed by atoms with Gasteiger partial charge in [0.1, 0.15) is 34.0 Å². The summed E-state index contributed by atoms with van der Waals surface area (Å²) < 4.78 is 5.80. The molecule has 2 aliphatic rings. The summed E-state index contributed by atoms with van der Waals surface area (Å²) in [4.78, 5) is 55.4. The van der Waals surface area contributed by atoms with Crippen LogP contribution >= 0.6 is 0 Å². The SMILES string of the molecule is CC(=O)c1c(O)c(C)c(O)c2c1OC1=CC(=O)/C(=C(\C)N[C@@H](Cc3c[nH]c4ccccc34)C(C)=O)C(=O)[C@@]12C. The number of hydrogen-bond acceptors (Lipinski definition) is 8. The first kappa shape index (κ1) is 26.0. The van der Waals surface area contributed by atoms with E-state index in [1.54, 1.807) is 6.92 Å². The predicted molar refractivity (Wildman–Crippen MR) is 143 cm³/mol. The molecule has 0 saturated heterocycles. The fourth-order valence-corrected chi connectivity index (χ4v) is 5.51. The number of phenols is 2. The Balaban J connectivity index is 1.57. The molecule has 1 aliphatic heterocycles. The van der Waals surface area contributed by atoms with Crippen LogP contribution in [0.15, 0.2) is 53.6 Å². The molecular weight excluding hydrogens is 500 g/mol. The maximum atomic E-state index is 14.0. The molecular formula is C30H28N2O7. The minimum Gasteiger partial charge on any atom is -0.507 e. The van der Waals surface area contributed by atoms with Crippen molar-refractivity contribution in [3.63, 3.8) is 0 Å². The normalized spacial score (nSPS) is 20.2. The second-order valence-electron chi connectivity index (χ2n) is 10.3. The Kier molecular flexibility index (Phi) is 5.97. The Morgan fingerprint density at radius 2 is 1.79 bits per heavy atom. The standard InChI is InChI=1S/C30H28N2O7/c1-13-26(36)24(16(4)34)28-25(27(13)37)30(5)22(39-28)11-21(35)23(29(30)38)14(2)32-20(15(3)33)10-17-12-31-19-9-7-6-8-18(17)19/h6-9,11-12,20,31-32,36-37H,10H2,1-5H3/b23-14-/t20-,30-/m0/s1. The van der Waals surface area contributed by atoms with E-state index in [0.29, 0.717) is 6.42 Å². The van der Waals surface area contributed by atoms with Gasteiger partial charge in [-0.1, -0.05) is 18.2 Å². The molecule has 0 saturated carbocycles. The van der Waals surface area contributed by atoms with E-state index in [2.05, 4.69) is 10.3 Å². The van der Waals surface area contributed by atoms with Crippen LogP contribution in [-0.4, -0.2) is 44.4 Å². The van der Waals surface area contributed by atoms with Crippen molar-refractivity contribution in [3.05, 3.63) is 75.8 Å². The molecule has 0 amide bonds. The minimum atomic E-state index is -1.63. The molecule has 4 N–H and O–H groups in total. The number of carbonyl (C=O) groups is 4. The lowest BCUT2D eigenvalue weighted by Crippen LogP contribution is -2.43. The smallest absolute Gasteiger partial charge is 0.194 e. The molecule has 39 heavy (non-hydrogen) atoms. The average molecular weight is 529 g/mol. The van der Waals surface area contributed by atoms with Crippen molar-refractivity contribution in [1.82, 2.24) is 10.3 Å². The lowest BCUT2D eigenvalue weighted by atomic mass is 9.70. The number of aromatic nitrogens is 1. The summed E-state index contributed by atoms with van der Waals surface area (Å²) in [6, 6.07) is 6.97. The first-order valence-corrected chi connectivity index (χ1v) is 12.5. The zero-order valence-corrected chi connectivity index (χ0v) is 22.2. The summed E-state index contributed by atoms with van der Waals surface area (Å²) >= 11 is 0. The Morgan fingerprint density at radius 3 is 2.46 bits per heavy atom. The molecule has 0 bridgehead atoms. The van der Waals surface area contributed by atoms with Crippen molar-refractivity contribution in [2.45, 2.75) is 52.5 Å². The zero-order valence-electron chi connectivity index (χ0n) is 22.2. The van der Waals surface area contributed by atoms with Gasteiger partial charge in [-0.15, -0.1) is 0 Å². The second kappa shape index (κ2) is 8.97. The van der Waals surface area contributed by atoms with Crippen molar-refractivity contribution in [3.8, 4) is 17.2 Å². The molecule has 0 fully saturated rings. The van der Waals surface area contributed by atoms with Gasteiger partial charge in [0, 0.05) is 40.9 Å². The van der Waals surface area contributed by atoms with Gasteiger partial charge < -0.3 is 25.3 Å². The molecule has 2 atom stereocenters. The van der Waals surface area contributed by atoms with Gasteiger partial charge in [0.05, 0.1) is 17.2 Å². The highest BCUT2D eigenvalue weighted by atomic mass is 16.5. The number of phenolic OH excluding ortho intramolecular Hbond substituents is 2. The molecule has 5 rings (SSSR count). The number of rotatable bonds is 6. The fraction of sp³-hybridized carbons (Fsp3) is 0.267. The highest BCUT2D eigenvalue weighted by Crippen LogP contribution is 2.57. The van der Waals surface area contributed by atoms with Gasteiger partial charge in [0.15, 0.2) is 23.1 Å². The third-order valence-corrected chi connectivity index (χ3v) is 7.74. The third kappa shape index (κ3) is 3.76. The highest BCUT2D eigenvalue weighted by molar-refractivity contribution is 6.31. The van der Waals surface area contributed by atoms with Crippen LogP contribution in [0.1, 0.15) is 54.7 Å². The Morgan fingerprint density at radius 1 is 1.10 bits per heavy atom. The molecule has 3 aromatic rings. The monoisotopic (exact) mass is 528 g/mol. The van der Waals surface area contributed by atoms with E-state index in [1.165, 1.54) is 27.7 Å². The van der Waals surface area contributed by atoms with Gasteiger partial charge in [-0.3, -0.25) is 19.2 Å². The van der Waals surface area contributed by atoms with E-state index in [4.69, 9.17) is 4.74 Å². The van der Waals surface area contributed by atoms with Crippen LogP contribution in [0, 0.1) is 6.92 Å². The number of para-hydroxylation sites is 1. The van der Waals surface area contributed by atoms with Crippen LogP contribution in [0.3, 0.4) is 0 Å². The van der Waals surface area contributed by atoms with E-state index in [0.717, 1.165) is 22.5 Å². The number of allylic oxidation sites excluding steroid dienone is 4. The molecule has 9 nitrogen and oxygen atoms in total. The number of hydrogen-bond donors (Lipinski definition) is 4. The maximum Gasteiger partial charge on any atom is 0.194 e. The molecule has 200 valence electrons. The number of nitrogens with one attached hydrogen (secondary N) is 2. The van der Waals surface area contributed by atoms with Gasteiger partial charge in [-0.05, 0) is 46.2 Å². The van der Waals surface area contributed by atoms with Crippen LogP contribution in [-0.2, 0) is 26.2 Å². The van der Waals surface area contributed by atoms with Crippen LogP contribution in [0.5, 0.6) is 17.2 Å². The van der Waals surface area contributed by atoms with Gasteiger partial charge in [0.2, 0.25) is 0 Å². The fourth-order valence-electron chi connectivity index (χ4n) is 5.51. The molecule has 0 spiro atoms. The third-order valence-electron chi connectivity index (χ3n) is 7.74. The quantitative estimate of drug-likeness (QED) is 0.214. The minimum absolute atomic E-state index is 0.0129. The van der Waals surface area contributed by atoms with E-state index < -0.39 is 40.3 Å². The Hall–Kier alpha value is -4.66. The van der Waals surface area contributed by atoms with Crippen LogP contribution < -0.4 is 10.1 Å². The number of ether oxygens (including phenoxy) is 1. The Bertz CT molecular complexity index is 1690. The van der Waals surface area contributed by atoms with E-state index >= 15 is 0 Å². The van der Waals surface area contributed by atoms with Crippen molar-refractivity contribution >= 4 is 34.0 Å². The first-order chi connectivity index (χ1) is 18.4. The highest BCUT2D eigenvalue weighted by Gasteiger charge is 2.56. The summed E-state index contributed by atoms with van der Waals surface area (Å²) in [7, 11) is 0. The van der Waals surface area contributed by atoms with E-state index in [9.17, 15) is 29.4 Å². The number of aromatic hydroxyl groups is 2. The van der Waals surface area contributed by atoms with Crippen molar-refractivity contribution in [1.29, 1.82) is 0 Å². The van der Waals surface area contributed by atoms with Crippen LogP contribution in [0.4, 0.5) is 0 Å². The molecule has 9 heteroatoms. The van der Waals surface area contributed by atoms with Crippen LogP contribution in [0.2, 0.25) is 0 Å². The molecule has 2 heterocycles. The number of fused-ring (bicyclic) bond motifs is 4. The van der Waals surface area contributed by atoms with Crippen molar-refractivity contribution < 1.29 is 34.1 Å². The summed E-state index contributed by atoms with van der Waals surface area (Å²) in [5.74, 6) is -3.03. The second-order valence-corrected chi connectivity index (χ2v) is 10.3. The summed E-state index contributed by atoms with van der Waals surface area (Å²) in [6.07, 6.45) is 3.30. The molecule has 0 radical (unpaired) electrons. The largest absolute Gasteiger partial charge is 0.507 e. The number of Topliss-reactive ketones (excluding diaryl/α,β-unsaturated/α-hetero) is 3. The molecule has 1 aromatic heterocycles. The lowest BCUT2D eigenvalue weighted by Gasteiger charge is -2.29. The van der Waals surface area contributed by atoms with Gasteiger partial charge in [-0.2, -0.15) is 0 Å². The lowest BCUT2D eigenvalue weighted by molar-refractivity contribution is -0.124. The summed E-state index contributed by atoms with van der Waals surface area (Å²) in [5, 5.41) is 25.5. The molecule has 0 unspecified atom stereocenters. The number of ketones is 4.